The van der Waals surface area contributed by atoms with E-state index in [1.165, 1.54) is 0 Å². The van der Waals surface area contributed by atoms with E-state index >= 15 is 0 Å². The van der Waals surface area contributed by atoms with E-state index in [1.807, 2.05) is 18.2 Å². The number of halogens is 1. The molecule has 0 aliphatic carbocycles. The van der Waals surface area contributed by atoms with E-state index in [-0.39, 0.29) is 0 Å². The molecule has 0 aliphatic heterocycles. The second-order valence-corrected chi connectivity index (χ2v) is 4.06. The number of rotatable bonds is 3. The van der Waals surface area contributed by atoms with Crippen molar-refractivity contribution in [2.45, 2.75) is 19.8 Å². The Bertz CT molecular complexity index is 310. The van der Waals surface area contributed by atoms with E-state index in [0.717, 1.165) is 15.7 Å². The van der Waals surface area contributed by atoms with Crippen molar-refractivity contribution in [3.63, 3.8) is 0 Å². The second kappa shape index (κ2) is 4.42. The van der Waals surface area contributed by atoms with E-state index in [4.69, 9.17) is 0 Å². The zero-order chi connectivity index (χ0) is 9.84. The highest BCUT2D eigenvalue weighted by Gasteiger charge is 2.05. The van der Waals surface area contributed by atoms with E-state index < -0.39 is 0 Å². The lowest BCUT2D eigenvalue weighted by atomic mass is 10.0. The molecule has 0 bridgehead atoms. The van der Waals surface area contributed by atoms with Gasteiger partial charge in [0.2, 0.25) is 6.41 Å². The van der Waals surface area contributed by atoms with Gasteiger partial charge in [0.15, 0.2) is 0 Å². The van der Waals surface area contributed by atoms with Crippen LogP contribution in [-0.4, -0.2) is 6.41 Å². The monoisotopic (exact) mass is 241 g/mol. The smallest absolute Gasteiger partial charge is 0.211 e. The zero-order valence-corrected chi connectivity index (χ0v) is 9.26. The molecule has 1 rings (SSSR count). The molecule has 70 valence electrons. The van der Waals surface area contributed by atoms with Crippen LogP contribution in [0, 0.1) is 0 Å². The van der Waals surface area contributed by atoms with Crippen molar-refractivity contribution in [3.8, 4) is 0 Å². The molecule has 0 heterocycles. The van der Waals surface area contributed by atoms with Gasteiger partial charge in [-0.25, -0.2) is 0 Å². The van der Waals surface area contributed by atoms with Gasteiger partial charge in [-0.15, -0.1) is 0 Å². The first-order valence-corrected chi connectivity index (χ1v) is 4.94. The maximum atomic E-state index is 10.3. The topological polar surface area (TPSA) is 29.1 Å². The average Bonchev–Trinajstić information content (AvgIpc) is 2.08. The molecular weight excluding hydrogens is 230 g/mol. The van der Waals surface area contributed by atoms with Gasteiger partial charge in [0.1, 0.15) is 0 Å². The molecule has 1 N–H and O–H groups in total. The number of anilines is 1. The minimum Gasteiger partial charge on any atom is -0.328 e. The van der Waals surface area contributed by atoms with Crippen LogP contribution < -0.4 is 5.32 Å². The molecule has 2 nitrogen and oxygen atoms in total. The molecule has 0 aromatic heterocycles. The standard InChI is InChI=1S/C10H12BrNO/c1-7(2)9-5-8(11)3-4-10(9)12-6-13/h3-7H,1-2H3,(H,12,13). The Hall–Kier alpha value is -0.830. The molecule has 0 atom stereocenters. The summed E-state index contributed by atoms with van der Waals surface area (Å²) in [5, 5.41) is 2.68. The predicted octanol–water partition coefficient (Wildman–Crippen LogP) is 3.14. The highest BCUT2D eigenvalue weighted by atomic mass is 79.9. The molecule has 0 radical (unpaired) electrons. The van der Waals surface area contributed by atoms with Gasteiger partial charge in [0.25, 0.3) is 0 Å². The fourth-order valence-electron chi connectivity index (χ4n) is 1.21. The van der Waals surface area contributed by atoms with Crippen molar-refractivity contribution in [2.75, 3.05) is 5.32 Å². The third kappa shape index (κ3) is 2.56. The number of carbonyl (C=O) groups excluding carboxylic acids is 1. The maximum absolute atomic E-state index is 10.3. The molecular formula is C10H12BrNO. The average molecular weight is 242 g/mol. The number of amides is 1. The number of benzene rings is 1. The van der Waals surface area contributed by atoms with Crippen LogP contribution >= 0.6 is 15.9 Å². The first-order valence-electron chi connectivity index (χ1n) is 4.14. The molecule has 0 saturated carbocycles. The fourth-order valence-corrected chi connectivity index (χ4v) is 1.58. The van der Waals surface area contributed by atoms with Gasteiger partial charge in [-0.3, -0.25) is 4.79 Å². The van der Waals surface area contributed by atoms with Crippen LogP contribution in [0.5, 0.6) is 0 Å². The van der Waals surface area contributed by atoms with Crippen LogP contribution in [0.4, 0.5) is 5.69 Å². The Morgan fingerprint density at radius 2 is 2.15 bits per heavy atom. The number of nitrogens with one attached hydrogen (secondary N) is 1. The minimum absolute atomic E-state index is 0.403. The zero-order valence-electron chi connectivity index (χ0n) is 7.67. The van der Waals surface area contributed by atoms with Gasteiger partial charge in [0.05, 0.1) is 0 Å². The van der Waals surface area contributed by atoms with Gasteiger partial charge < -0.3 is 5.32 Å². The van der Waals surface area contributed by atoms with Crippen LogP contribution in [-0.2, 0) is 4.79 Å². The third-order valence-corrected chi connectivity index (χ3v) is 2.34. The van der Waals surface area contributed by atoms with Crippen molar-refractivity contribution >= 4 is 28.0 Å². The van der Waals surface area contributed by atoms with Crippen LogP contribution in [0.15, 0.2) is 22.7 Å². The Morgan fingerprint density at radius 1 is 1.46 bits per heavy atom. The van der Waals surface area contributed by atoms with Crippen molar-refractivity contribution in [2.24, 2.45) is 0 Å². The quantitative estimate of drug-likeness (QED) is 0.810. The van der Waals surface area contributed by atoms with Crippen molar-refractivity contribution < 1.29 is 4.79 Å². The molecule has 1 aromatic rings. The van der Waals surface area contributed by atoms with E-state index in [1.54, 1.807) is 0 Å². The fraction of sp³-hybridized carbons (Fsp3) is 0.300. The Kier molecular flexibility index (Phi) is 3.48. The number of hydrogen-bond acceptors (Lipinski definition) is 1. The molecule has 3 heteroatoms. The van der Waals surface area contributed by atoms with Crippen molar-refractivity contribution in [3.05, 3.63) is 28.2 Å². The normalized spacial score (nSPS) is 10.2. The van der Waals surface area contributed by atoms with Crippen molar-refractivity contribution in [1.82, 2.24) is 0 Å². The summed E-state index contributed by atoms with van der Waals surface area (Å²) in [6.45, 7) is 4.19. The summed E-state index contributed by atoms with van der Waals surface area (Å²) in [6.07, 6.45) is 0.703. The first-order chi connectivity index (χ1) is 6.15. The minimum atomic E-state index is 0.403. The summed E-state index contributed by atoms with van der Waals surface area (Å²) in [6, 6.07) is 5.84. The van der Waals surface area contributed by atoms with Gasteiger partial charge in [-0.05, 0) is 29.7 Å². The summed E-state index contributed by atoms with van der Waals surface area (Å²) < 4.78 is 1.03. The van der Waals surface area contributed by atoms with Crippen LogP contribution in [0.25, 0.3) is 0 Å². The van der Waals surface area contributed by atoms with Crippen LogP contribution in [0.2, 0.25) is 0 Å². The Morgan fingerprint density at radius 3 is 2.69 bits per heavy atom. The lowest BCUT2D eigenvalue weighted by molar-refractivity contribution is -0.105. The molecule has 1 amide bonds. The molecule has 0 aliphatic rings. The molecule has 0 spiro atoms. The van der Waals surface area contributed by atoms with Gasteiger partial charge >= 0.3 is 0 Å². The SMILES string of the molecule is CC(C)c1cc(Br)ccc1NC=O. The molecule has 0 fully saturated rings. The second-order valence-electron chi connectivity index (χ2n) is 3.15. The number of hydrogen-bond donors (Lipinski definition) is 1. The maximum Gasteiger partial charge on any atom is 0.211 e. The largest absolute Gasteiger partial charge is 0.328 e. The predicted molar refractivity (Wildman–Crippen MR) is 57.9 cm³/mol. The highest BCUT2D eigenvalue weighted by Crippen LogP contribution is 2.27. The summed E-state index contributed by atoms with van der Waals surface area (Å²) in [5.74, 6) is 0.403. The van der Waals surface area contributed by atoms with E-state index in [2.05, 4.69) is 35.1 Å². The first kappa shape index (κ1) is 10.3. The molecule has 0 unspecified atom stereocenters. The van der Waals surface area contributed by atoms with Crippen LogP contribution in [0.1, 0.15) is 25.3 Å². The van der Waals surface area contributed by atoms with Gasteiger partial charge in [-0.2, -0.15) is 0 Å². The van der Waals surface area contributed by atoms with E-state index in [0.29, 0.717) is 12.3 Å². The molecule has 1 aromatic carbocycles. The summed E-state index contributed by atoms with van der Waals surface area (Å²) in [7, 11) is 0. The molecule has 0 saturated heterocycles. The third-order valence-electron chi connectivity index (χ3n) is 1.85. The summed E-state index contributed by atoms with van der Waals surface area (Å²) >= 11 is 3.40. The molecule has 13 heavy (non-hydrogen) atoms. The van der Waals surface area contributed by atoms with E-state index in [9.17, 15) is 4.79 Å². The van der Waals surface area contributed by atoms with Gasteiger partial charge in [-0.1, -0.05) is 29.8 Å². The van der Waals surface area contributed by atoms with Gasteiger partial charge in [0, 0.05) is 10.2 Å². The highest BCUT2D eigenvalue weighted by molar-refractivity contribution is 9.10. The lowest BCUT2D eigenvalue weighted by Gasteiger charge is -2.11. The Labute approximate surface area is 86.5 Å². The summed E-state index contributed by atoms with van der Waals surface area (Å²) in [4.78, 5) is 10.3. The lowest BCUT2D eigenvalue weighted by Crippen LogP contribution is -2.00. The summed E-state index contributed by atoms with van der Waals surface area (Å²) in [5.41, 5.74) is 2.02. The number of carbonyl (C=O) groups is 1. The Balaban J connectivity index is 3.10. The van der Waals surface area contributed by atoms with Crippen molar-refractivity contribution in [1.29, 1.82) is 0 Å². The van der Waals surface area contributed by atoms with Crippen LogP contribution in [0.3, 0.4) is 0 Å².